The Labute approximate surface area is 96.3 Å². The van der Waals surface area contributed by atoms with E-state index in [-0.39, 0.29) is 1.43 Å². The van der Waals surface area contributed by atoms with Crippen LogP contribution in [0.5, 0.6) is 0 Å². The van der Waals surface area contributed by atoms with Gasteiger partial charge in [0.1, 0.15) is 0 Å². The van der Waals surface area contributed by atoms with Crippen molar-refractivity contribution in [2.75, 3.05) is 27.2 Å². The zero-order chi connectivity index (χ0) is 11.6. The van der Waals surface area contributed by atoms with Crippen molar-refractivity contribution in [2.45, 2.75) is 51.9 Å². The van der Waals surface area contributed by atoms with E-state index < -0.39 is 0 Å². The first-order valence-corrected chi connectivity index (χ1v) is 6.08. The van der Waals surface area contributed by atoms with E-state index in [1.165, 1.54) is 13.1 Å². The van der Waals surface area contributed by atoms with Gasteiger partial charge in [-0.15, -0.1) is 0 Å². The largest absolute Gasteiger partial charge is 0.309 e. The smallest absolute Gasteiger partial charge is 0.0383 e. The predicted octanol–water partition coefficient (Wildman–Crippen LogP) is 1.25. The van der Waals surface area contributed by atoms with Crippen molar-refractivity contribution in [3.05, 3.63) is 0 Å². The highest BCUT2D eigenvalue weighted by Gasteiger charge is 2.34. The third-order valence-corrected chi connectivity index (χ3v) is 3.26. The Morgan fingerprint density at radius 1 is 1.20 bits per heavy atom. The van der Waals surface area contributed by atoms with Gasteiger partial charge in [0.2, 0.25) is 0 Å². The van der Waals surface area contributed by atoms with Gasteiger partial charge in [-0.3, -0.25) is 4.90 Å². The number of nitrogens with one attached hydrogen (secondary N) is 1. The minimum atomic E-state index is 0. The number of likely N-dealkylation sites (N-methyl/N-ethyl adjacent to an activating group) is 1. The van der Waals surface area contributed by atoms with Crippen LogP contribution < -0.4 is 5.32 Å². The van der Waals surface area contributed by atoms with Gasteiger partial charge >= 0.3 is 0 Å². The molecule has 1 aliphatic rings. The maximum atomic E-state index is 3.67. The van der Waals surface area contributed by atoms with Gasteiger partial charge in [-0.05, 0) is 27.9 Å². The van der Waals surface area contributed by atoms with Crippen molar-refractivity contribution >= 4 is 0 Å². The van der Waals surface area contributed by atoms with Crippen LogP contribution in [0.1, 0.15) is 29.1 Å². The van der Waals surface area contributed by atoms with Crippen molar-refractivity contribution in [1.82, 2.24) is 15.1 Å². The molecule has 3 nitrogen and oxygen atoms in total. The van der Waals surface area contributed by atoms with Crippen LogP contribution in [0.2, 0.25) is 0 Å². The van der Waals surface area contributed by atoms with Crippen LogP contribution in [0.3, 0.4) is 0 Å². The molecule has 0 spiro atoms. The fourth-order valence-electron chi connectivity index (χ4n) is 2.35. The zero-order valence-corrected chi connectivity index (χ0v) is 11.1. The summed E-state index contributed by atoms with van der Waals surface area (Å²) in [5, 5.41) is 3.67. The SMILES string of the molecule is CC(C)N[C@H]1CN(C(C)C)C[C@H]1N(C)C.[HH]. The molecule has 2 atom stereocenters. The summed E-state index contributed by atoms with van der Waals surface area (Å²) in [5.41, 5.74) is 0. The van der Waals surface area contributed by atoms with Crippen molar-refractivity contribution < 1.29 is 1.43 Å². The highest BCUT2D eigenvalue weighted by molar-refractivity contribution is 4.95. The molecule has 0 bridgehead atoms. The lowest BCUT2D eigenvalue weighted by atomic mass is 10.1. The standard InChI is InChI=1S/C12H27N3.H2/c1-9(2)13-11-7-15(10(3)4)8-12(11)14(5)6;/h9-13H,7-8H2,1-6H3;1H/t11-,12+;/m0./s1. The van der Waals surface area contributed by atoms with Crippen LogP contribution in [0.15, 0.2) is 0 Å². The molecule has 0 amide bonds. The molecule has 1 saturated heterocycles. The van der Waals surface area contributed by atoms with Gasteiger partial charge in [-0.1, -0.05) is 13.8 Å². The molecule has 3 heteroatoms. The molecule has 0 aromatic carbocycles. The molecule has 0 aromatic heterocycles. The van der Waals surface area contributed by atoms with Crippen LogP contribution in [-0.2, 0) is 0 Å². The lowest BCUT2D eigenvalue weighted by molar-refractivity contribution is 0.233. The Morgan fingerprint density at radius 3 is 2.20 bits per heavy atom. The first kappa shape index (κ1) is 12.9. The molecule has 0 aliphatic carbocycles. The van der Waals surface area contributed by atoms with Crippen LogP contribution in [-0.4, -0.2) is 61.2 Å². The normalized spacial score (nSPS) is 28.6. The molecule has 0 radical (unpaired) electrons. The van der Waals surface area contributed by atoms with Gasteiger partial charge < -0.3 is 10.2 Å². The topological polar surface area (TPSA) is 18.5 Å². The summed E-state index contributed by atoms with van der Waals surface area (Å²) in [5.74, 6) is 0. The third-order valence-electron chi connectivity index (χ3n) is 3.26. The van der Waals surface area contributed by atoms with E-state index in [0.717, 1.165) is 0 Å². The molecule has 1 fully saturated rings. The second-order valence-corrected chi connectivity index (χ2v) is 5.51. The van der Waals surface area contributed by atoms with Crippen molar-refractivity contribution in [1.29, 1.82) is 0 Å². The summed E-state index contributed by atoms with van der Waals surface area (Å²) in [6, 6.07) is 2.49. The van der Waals surface area contributed by atoms with Gasteiger partial charge in [0, 0.05) is 38.7 Å². The Balaban J connectivity index is 0.00000225. The van der Waals surface area contributed by atoms with Gasteiger partial charge in [-0.25, -0.2) is 0 Å². The van der Waals surface area contributed by atoms with E-state index in [9.17, 15) is 0 Å². The van der Waals surface area contributed by atoms with Crippen molar-refractivity contribution in [3.8, 4) is 0 Å². The summed E-state index contributed by atoms with van der Waals surface area (Å²) in [7, 11) is 4.37. The second-order valence-electron chi connectivity index (χ2n) is 5.51. The number of rotatable bonds is 4. The Kier molecular flexibility index (Phi) is 4.56. The lowest BCUT2D eigenvalue weighted by Gasteiger charge is -2.27. The van der Waals surface area contributed by atoms with Crippen LogP contribution >= 0.6 is 0 Å². The predicted molar refractivity (Wildman–Crippen MR) is 68.4 cm³/mol. The van der Waals surface area contributed by atoms with E-state index in [4.69, 9.17) is 0 Å². The summed E-state index contributed by atoms with van der Waals surface area (Å²) in [6.07, 6.45) is 0. The van der Waals surface area contributed by atoms with Crippen LogP contribution in [0, 0.1) is 0 Å². The minimum absolute atomic E-state index is 0. The molecule has 0 saturated carbocycles. The fraction of sp³-hybridized carbons (Fsp3) is 1.00. The van der Waals surface area contributed by atoms with E-state index in [2.05, 4.69) is 56.9 Å². The Hall–Kier alpha value is -0.120. The molecule has 0 unspecified atom stereocenters. The Bertz CT molecular complexity index is 195. The van der Waals surface area contributed by atoms with Gasteiger partial charge in [0.05, 0.1) is 0 Å². The Morgan fingerprint density at radius 2 is 1.80 bits per heavy atom. The highest BCUT2D eigenvalue weighted by atomic mass is 15.3. The van der Waals surface area contributed by atoms with Crippen LogP contribution in [0.4, 0.5) is 0 Å². The summed E-state index contributed by atoms with van der Waals surface area (Å²) in [4.78, 5) is 4.91. The van der Waals surface area contributed by atoms with Gasteiger partial charge in [-0.2, -0.15) is 0 Å². The van der Waals surface area contributed by atoms with Crippen LogP contribution in [0.25, 0.3) is 0 Å². The molecular weight excluding hydrogens is 186 g/mol. The zero-order valence-electron chi connectivity index (χ0n) is 11.1. The third kappa shape index (κ3) is 3.44. The number of hydrogen-bond donors (Lipinski definition) is 1. The first-order valence-electron chi connectivity index (χ1n) is 6.08. The monoisotopic (exact) mass is 215 g/mol. The molecule has 1 N–H and O–H groups in total. The highest BCUT2D eigenvalue weighted by Crippen LogP contribution is 2.17. The van der Waals surface area contributed by atoms with E-state index in [0.29, 0.717) is 24.2 Å². The summed E-state index contributed by atoms with van der Waals surface area (Å²) >= 11 is 0. The molecular formula is C12H29N3. The molecule has 15 heavy (non-hydrogen) atoms. The fourth-order valence-corrected chi connectivity index (χ4v) is 2.35. The number of nitrogens with zero attached hydrogens (tertiary/aromatic N) is 2. The summed E-state index contributed by atoms with van der Waals surface area (Å²) < 4.78 is 0. The number of hydrogen-bond acceptors (Lipinski definition) is 3. The van der Waals surface area contributed by atoms with E-state index in [1.54, 1.807) is 0 Å². The molecule has 1 rings (SSSR count). The minimum Gasteiger partial charge on any atom is -0.309 e. The molecule has 1 aliphatic heterocycles. The molecule has 1 heterocycles. The van der Waals surface area contributed by atoms with Crippen molar-refractivity contribution in [2.24, 2.45) is 0 Å². The molecule has 0 aromatic rings. The summed E-state index contributed by atoms with van der Waals surface area (Å²) in [6.45, 7) is 11.4. The first-order chi connectivity index (χ1) is 6.91. The van der Waals surface area contributed by atoms with Gasteiger partial charge in [0.25, 0.3) is 0 Å². The van der Waals surface area contributed by atoms with E-state index in [1.807, 2.05) is 0 Å². The maximum Gasteiger partial charge on any atom is 0.0383 e. The van der Waals surface area contributed by atoms with Gasteiger partial charge in [0.15, 0.2) is 0 Å². The number of likely N-dealkylation sites (tertiary alicyclic amines) is 1. The van der Waals surface area contributed by atoms with E-state index >= 15 is 0 Å². The lowest BCUT2D eigenvalue weighted by Crippen LogP contribution is -2.48. The average Bonchev–Trinajstić information content (AvgIpc) is 2.46. The maximum absolute atomic E-state index is 3.67. The second kappa shape index (κ2) is 5.28. The molecule has 92 valence electrons. The average molecular weight is 215 g/mol. The van der Waals surface area contributed by atoms with Crippen molar-refractivity contribution in [3.63, 3.8) is 0 Å². The quantitative estimate of drug-likeness (QED) is 0.761.